The largest absolute Gasteiger partial charge is 0.481 e. The minimum absolute atomic E-state index is 0.0235. The van der Waals surface area contributed by atoms with Gasteiger partial charge in [-0.15, -0.1) is 0 Å². The van der Waals surface area contributed by atoms with E-state index in [9.17, 15) is 19.8 Å². The summed E-state index contributed by atoms with van der Waals surface area (Å²) in [4.78, 5) is 22.7. The lowest BCUT2D eigenvalue weighted by Gasteiger charge is -2.28. The molecule has 0 spiro atoms. The van der Waals surface area contributed by atoms with Crippen molar-refractivity contribution in [3.8, 4) is 0 Å². The first kappa shape index (κ1) is 23.5. The molecule has 6 nitrogen and oxygen atoms in total. The molecule has 0 saturated heterocycles. The topological polar surface area (TPSA) is 104 Å². The van der Waals surface area contributed by atoms with E-state index in [2.05, 4.69) is 0 Å². The van der Waals surface area contributed by atoms with Gasteiger partial charge in [0.2, 0.25) is 0 Å². The summed E-state index contributed by atoms with van der Waals surface area (Å²) in [7, 11) is 0. The van der Waals surface area contributed by atoms with Gasteiger partial charge in [-0.3, -0.25) is 9.59 Å². The fourth-order valence-electron chi connectivity index (χ4n) is 3.20. The van der Waals surface area contributed by atoms with Gasteiger partial charge in [-0.2, -0.15) is 0 Å². The predicted octanol–water partition coefficient (Wildman–Crippen LogP) is 2.73. The minimum atomic E-state index is -0.812. The van der Waals surface area contributed by atoms with Gasteiger partial charge in [-0.25, -0.2) is 0 Å². The third-order valence-electron chi connectivity index (χ3n) is 5.05. The van der Waals surface area contributed by atoms with Crippen LogP contribution in [0, 0.1) is 17.3 Å². The third-order valence-corrected chi connectivity index (χ3v) is 5.05. The Kier molecular flexibility index (Phi) is 9.91. The number of hydrogen-bond donors (Lipinski definition) is 3. The Balaban J connectivity index is 2.63. The molecule has 1 aliphatic rings. The Labute approximate surface area is 161 Å². The highest BCUT2D eigenvalue weighted by atomic mass is 16.5. The number of unbranched alkanes of at least 4 members (excludes halogenated alkanes) is 1. The number of carboxylic acid groups (broad SMARTS) is 1. The highest BCUT2D eigenvalue weighted by molar-refractivity contribution is 5.84. The first-order valence-corrected chi connectivity index (χ1v) is 9.70. The molecule has 154 valence electrons. The molecule has 0 aliphatic heterocycles. The molecule has 6 heteroatoms. The predicted molar refractivity (Wildman–Crippen MR) is 103 cm³/mol. The summed E-state index contributed by atoms with van der Waals surface area (Å²) >= 11 is 0. The molecule has 1 rings (SSSR count). The van der Waals surface area contributed by atoms with Crippen LogP contribution in [0.5, 0.6) is 0 Å². The van der Waals surface area contributed by atoms with Gasteiger partial charge in [0.05, 0.1) is 18.8 Å². The first-order valence-electron chi connectivity index (χ1n) is 9.70. The molecule has 1 aliphatic carbocycles. The van der Waals surface area contributed by atoms with Crippen LogP contribution in [-0.4, -0.2) is 52.5 Å². The van der Waals surface area contributed by atoms with Gasteiger partial charge in [0, 0.05) is 36.7 Å². The maximum absolute atomic E-state index is 12.2. The Bertz CT molecular complexity index is 537. The summed E-state index contributed by atoms with van der Waals surface area (Å²) in [5.74, 6) is -1.42. The SMILES string of the molecule is CCOCC(C)(C)C(O)C=CC1C(O)CC(=O)C1CC=CCCCC(=O)O. The third kappa shape index (κ3) is 7.95. The molecule has 0 amide bonds. The number of allylic oxidation sites excluding steroid dienone is 2. The van der Waals surface area contributed by atoms with Gasteiger partial charge < -0.3 is 20.1 Å². The Morgan fingerprint density at radius 3 is 2.70 bits per heavy atom. The second kappa shape index (κ2) is 11.4. The highest BCUT2D eigenvalue weighted by Gasteiger charge is 2.39. The standard InChI is InChI=1S/C21H34O6/c1-4-27-14-21(2,3)19(24)12-11-16-15(17(22)13-18(16)23)9-7-5-6-8-10-20(25)26/h5,7,11-12,15-16,18-19,23-24H,4,6,8-10,13-14H2,1-3H3,(H,25,26). The average Bonchev–Trinajstić information content (AvgIpc) is 2.86. The Hall–Kier alpha value is -1.50. The van der Waals surface area contributed by atoms with Crippen molar-refractivity contribution in [1.29, 1.82) is 0 Å². The van der Waals surface area contributed by atoms with Gasteiger partial charge >= 0.3 is 5.97 Å². The summed E-state index contributed by atoms with van der Waals surface area (Å²) in [6, 6.07) is 0. The number of carboxylic acids is 1. The van der Waals surface area contributed by atoms with Gasteiger partial charge in [-0.05, 0) is 26.2 Å². The number of hydrogen-bond acceptors (Lipinski definition) is 5. The van der Waals surface area contributed by atoms with Crippen molar-refractivity contribution < 1.29 is 29.6 Å². The number of rotatable bonds is 12. The molecule has 0 bridgehead atoms. The zero-order valence-electron chi connectivity index (χ0n) is 16.6. The lowest BCUT2D eigenvalue weighted by molar-refractivity contribution is -0.137. The second-order valence-electron chi connectivity index (χ2n) is 7.87. The maximum atomic E-state index is 12.2. The number of carbonyl (C=O) groups excluding carboxylic acids is 1. The minimum Gasteiger partial charge on any atom is -0.481 e. The summed E-state index contributed by atoms with van der Waals surface area (Å²) in [6.07, 6.45) is 7.72. The van der Waals surface area contributed by atoms with E-state index < -0.39 is 23.6 Å². The lowest BCUT2D eigenvalue weighted by atomic mass is 9.85. The molecule has 4 unspecified atom stereocenters. The molecule has 0 aromatic carbocycles. The fraction of sp³-hybridized carbons (Fsp3) is 0.714. The summed E-state index contributed by atoms with van der Waals surface area (Å²) in [5.41, 5.74) is -0.459. The molecule has 27 heavy (non-hydrogen) atoms. The van der Waals surface area contributed by atoms with Gasteiger partial charge in [0.25, 0.3) is 0 Å². The van der Waals surface area contributed by atoms with Crippen LogP contribution in [0.15, 0.2) is 24.3 Å². The van der Waals surface area contributed by atoms with E-state index in [4.69, 9.17) is 9.84 Å². The molecule has 1 fully saturated rings. The van der Waals surface area contributed by atoms with Crippen LogP contribution in [0.4, 0.5) is 0 Å². The second-order valence-corrected chi connectivity index (χ2v) is 7.87. The van der Waals surface area contributed by atoms with E-state index in [-0.39, 0.29) is 30.5 Å². The van der Waals surface area contributed by atoms with Crippen LogP contribution in [0.2, 0.25) is 0 Å². The number of aliphatic carboxylic acids is 1. The average molecular weight is 382 g/mol. The van der Waals surface area contributed by atoms with E-state index in [1.54, 1.807) is 12.2 Å². The number of ketones is 1. The van der Waals surface area contributed by atoms with Crippen LogP contribution >= 0.6 is 0 Å². The molecular weight excluding hydrogens is 348 g/mol. The van der Waals surface area contributed by atoms with E-state index >= 15 is 0 Å². The van der Waals surface area contributed by atoms with Gasteiger partial charge in [0.1, 0.15) is 5.78 Å². The fourth-order valence-corrected chi connectivity index (χ4v) is 3.20. The summed E-state index contributed by atoms with van der Waals surface area (Å²) in [6.45, 7) is 6.72. The van der Waals surface area contributed by atoms with Crippen molar-refractivity contribution in [2.45, 2.75) is 65.1 Å². The van der Waals surface area contributed by atoms with Crippen LogP contribution in [0.3, 0.4) is 0 Å². The smallest absolute Gasteiger partial charge is 0.303 e. The van der Waals surface area contributed by atoms with E-state index in [1.807, 2.05) is 32.9 Å². The van der Waals surface area contributed by atoms with Gasteiger partial charge in [0.15, 0.2) is 0 Å². The molecule has 0 aromatic heterocycles. The quantitative estimate of drug-likeness (QED) is 0.354. The Morgan fingerprint density at radius 2 is 2.07 bits per heavy atom. The van der Waals surface area contributed by atoms with Crippen LogP contribution < -0.4 is 0 Å². The highest BCUT2D eigenvalue weighted by Crippen LogP contribution is 2.34. The van der Waals surface area contributed by atoms with Crippen molar-refractivity contribution in [2.75, 3.05) is 13.2 Å². The number of Topliss-reactive ketones (excluding diaryl/α,β-unsaturated/α-hetero) is 1. The van der Waals surface area contributed by atoms with E-state index in [0.29, 0.717) is 32.5 Å². The van der Waals surface area contributed by atoms with Crippen molar-refractivity contribution >= 4 is 11.8 Å². The van der Waals surface area contributed by atoms with E-state index in [0.717, 1.165) is 0 Å². The van der Waals surface area contributed by atoms with Crippen LogP contribution in [0.1, 0.15) is 52.9 Å². The van der Waals surface area contributed by atoms with E-state index in [1.165, 1.54) is 0 Å². The summed E-state index contributed by atoms with van der Waals surface area (Å²) < 4.78 is 5.41. The zero-order valence-corrected chi connectivity index (χ0v) is 16.6. The number of carbonyl (C=O) groups is 2. The molecule has 4 atom stereocenters. The molecule has 0 radical (unpaired) electrons. The van der Waals surface area contributed by atoms with Gasteiger partial charge in [-0.1, -0.05) is 38.2 Å². The molecule has 0 heterocycles. The lowest BCUT2D eigenvalue weighted by Crippen LogP contribution is -2.33. The first-order chi connectivity index (χ1) is 12.7. The van der Waals surface area contributed by atoms with Crippen LogP contribution in [0.25, 0.3) is 0 Å². The zero-order chi connectivity index (χ0) is 20.4. The van der Waals surface area contributed by atoms with Crippen molar-refractivity contribution in [2.24, 2.45) is 17.3 Å². The molecular formula is C21H34O6. The van der Waals surface area contributed by atoms with Crippen LogP contribution in [-0.2, 0) is 14.3 Å². The number of aliphatic hydroxyl groups excluding tert-OH is 2. The van der Waals surface area contributed by atoms with Crippen molar-refractivity contribution in [3.63, 3.8) is 0 Å². The molecule has 0 aromatic rings. The summed E-state index contributed by atoms with van der Waals surface area (Å²) in [5, 5.41) is 29.3. The number of aliphatic hydroxyl groups is 2. The molecule has 1 saturated carbocycles. The molecule has 3 N–H and O–H groups in total. The monoisotopic (exact) mass is 382 g/mol. The normalized spacial score (nSPS) is 24.9. The van der Waals surface area contributed by atoms with Crippen molar-refractivity contribution in [3.05, 3.63) is 24.3 Å². The maximum Gasteiger partial charge on any atom is 0.303 e. The Morgan fingerprint density at radius 1 is 1.37 bits per heavy atom. The number of ether oxygens (including phenoxy) is 1. The van der Waals surface area contributed by atoms with Crippen molar-refractivity contribution in [1.82, 2.24) is 0 Å².